The van der Waals surface area contributed by atoms with Crippen molar-refractivity contribution in [3.63, 3.8) is 0 Å². The number of carbonyl (C=O) groups excluding carboxylic acids is 1. The fourth-order valence-electron chi connectivity index (χ4n) is 1.60. The minimum atomic E-state index is 0.108. The topological polar surface area (TPSA) is 49.6 Å². The fraction of sp³-hybridized carbons (Fsp3) is 0.400. The Morgan fingerprint density at radius 1 is 1.21 bits per heavy atom. The van der Waals surface area contributed by atoms with Crippen LogP contribution in [0.5, 0.6) is 0 Å². The van der Waals surface area contributed by atoms with Gasteiger partial charge in [-0.3, -0.25) is 4.79 Å². The number of nitrogens with two attached hydrogens (primary N) is 1. The van der Waals surface area contributed by atoms with Crippen LogP contribution in [0.4, 0.5) is 0 Å². The van der Waals surface area contributed by atoms with Gasteiger partial charge < -0.3 is 15.5 Å². The second-order valence-corrected chi connectivity index (χ2v) is 4.69. The van der Waals surface area contributed by atoms with E-state index in [0.29, 0.717) is 19.6 Å². The molecule has 0 aromatic heterocycles. The predicted octanol–water partition coefficient (Wildman–Crippen LogP) is 0.517. The molecule has 0 aliphatic heterocycles. The Bertz CT molecular complexity index is 468. The van der Waals surface area contributed by atoms with Crippen molar-refractivity contribution in [3.8, 4) is 11.8 Å². The van der Waals surface area contributed by atoms with Gasteiger partial charge in [0.2, 0.25) is 5.91 Å². The highest BCUT2D eigenvalue weighted by Crippen LogP contribution is 2.06. The Labute approximate surface area is 115 Å². The molecule has 1 aromatic carbocycles. The molecule has 1 rings (SSSR count). The SMILES string of the molecule is CN(C)CC(=O)N(C)Cc1ccc(C#CCN)cc1. The summed E-state index contributed by atoms with van der Waals surface area (Å²) in [4.78, 5) is 15.4. The normalized spacial score (nSPS) is 9.95. The van der Waals surface area contributed by atoms with Crippen LogP contribution in [0.2, 0.25) is 0 Å². The quantitative estimate of drug-likeness (QED) is 0.802. The van der Waals surface area contributed by atoms with Crippen molar-refractivity contribution in [2.24, 2.45) is 5.73 Å². The van der Waals surface area contributed by atoms with Crippen molar-refractivity contribution in [2.75, 3.05) is 34.2 Å². The van der Waals surface area contributed by atoms with E-state index >= 15 is 0 Å². The van der Waals surface area contributed by atoms with Crippen LogP contribution in [0.25, 0.3) is 0 Å². The largest absolute Gasteiger partial charge is 0.340 e. The summed E-state index contributed by atoms with van der Waals surface area (Å²) in [5, 5.41) is 0. The molecule has 0 unspecified atom stereocenters. The summed E-state index contributed by atoms with van der Waals surface area (Å²) in [7, 11) is 5.58. The average molecular weight is 259 g/mol. The third kappa shape index (κ3) is 5.56. The van der Waals surface area contributed by atoms with Crippen molar-refractivity contribution in [3.05, 3.63) is 35.4 Å². The minimum absolute atomic E-state index is 0.108. The van der Waals surface area contributed by atoms with Crippen molar-refractivity contribution in [2.45, 2.75) is 6.54 Å². The van der Waals surface area contributed by atoms with Crippen LogP contribution < -0.4 is 5.73 Å². The summed E-state index contributed by atoms with van der Waals surface area (Å²) < 4.78 is 0. The van der Waals surface area contributed by atoms with Gasteiger partial charge in [-0.05, 0) is 31.8 Å². The molecule has 0 aliphatic rings. The van der Waals surface area contributed by atoms with E-state index in [0.717, 1.165) is 11.1 Å². The van der Waals surface area contributed by atoms with E-state index in [2.05, 4.69) is 11.8 Å². The van der Waals surface area contributed by atoms with Crippen LogP contribution in [-0.4, -0.2) is 49.9 Å². The maximum Gasteiger partial charge on any atom is 0.236 e. The predicted molar refractivity (Wildman–Crippen MR) is 77.4 cm³/mol. The smallest absolute Gasteiger partial charge is 0.236 e. The van der Waals surface area contributed by atoms with E-state index in [4.69, 9.17) is 5.73 Å². The lowest BCUT2D eigenvalue weighted by molar-refractivity contribution is -0.131. The maximum absolute atomic E-state index is 11.8. The first kappa shape index (κ1) is 15.2. The van der Waals surface area contributed by atoms with E-state index in [-0.39, 0.29) is 5.91 Å². The lowest BCUT2D eigenvalue weighted by Crippen LogP contribution is -2.34. The number of likely N-dealkylation sites (N-methyl/N-ethyl adjacent to an activating group) is 2. The van der Waals surface area contributed by atoms with Gasteiger partial charge in [0.25, 0.3) is 0 Å². The summed E-state index contributed by atoms with van der Waals surface area (Å²) >= 11 is 0. The minimum Gasteiger partial charge on any atom is -0.340 e. The van der Waals surface area contributed by atoms with Crippen LogP contribution in [-0.2, 0) is 11.3 Å². The Kier molecular flexibility index (Phi) is 6.07. The Hall–Kier alpha value is -1.83. The highest BCUT2D eigenvalue weighted by atomic mass is 16.2. The first-order chi connectivity index (χ1) is 9.02. The lowest BCUT2D eigenvalue weighted by atomic mass is 10.1. The number of benzene rings is 1. The molecule has 0 saturated heterocycles. The van der Waals surface area contributed by atoms with Gasteiger partial charge in [0.1, 0.15) is 0 Å². The monoisotopic (exact) mass is 259 g/mol. The van der Waals surface area contributed by atoms with Crippen LogP contribution in [0.15, 0.2) is 24.3 Å². The van der Waals surface area contributed by atoms with Crippen molar-refractivity contribution < 1.29 is 4.79 Å². The Balaban J connectivity index is 2.60. The molecule has 4 nitrogen and oxygen atoms in total. The van der Waals surface area contributed by atoms with E-state index < -0.39 is 0 Å². The summed E-state index contributed by atoms with van der Waals surface area (Å²) in [6.45, 7) is 1.40. The van der Waals surface area contributed by atoms with E-state index in [1.54, 1.807) is 4.90 Å². The van der Waals surface area contributed by atoms with Crippen molar-refractivity contribution in [1.82, 2.24) is 9.80 Å². The molecule has 19 heavy (non-hydrogen) atoms. The van der Waals surface area contributed by atoms with Gasteiger partial charge in [-0.2, -0.15) is 0 Å². The van der Waals surface area contributed by atoms with E-state index in [1.165, 1.54) is 0 Å². The fourth-order valence-corrected chi connectivity index (χ4v) is 1.60. The summed E-state index contributed by atoms with van der Waals surface area (Å²) in [6.07, 6.45) is 0. The van der Waals surface area contributed by atoms with Crippen molar-refractivity contribution in [1.29, 1.82) is 0 Å². The molecule has 2 N–H and O–H groups in total. The Morgan fingerprint density at radius 2 is 1.84 bits per heavy atom. The molecule has 1 amide bonds. The van der Waals surface area contributed by atoms with E-state index in [1.807, 2.05) is 50.3 Å². The van der Waals surface area contributed by atoms with Crippen LogP contribution >= 0.6 is 0 Å². The van der Waals surface area contributed by atoms with Gasteiger partial charge in [-0.25, -0.2) is 0 Å². The zero-order valence-corrected chi connectivity index (χ0v) is 11.8. The molecule has 0 saturated carbocycles. The number of amides is 1. The molecular weight excluding hydrogens is 238 g/mol. The standard InChI is InChI=1S/C15H21N3O/c1-17(2)12-15(19)18(3)11-14-8-6-13(7-9-14)5-4-10-16/h6-9H,10-12,16H2,1-3H3. The van der Waals surface area contributed by atoms with E-state index in [9.17, 15) is 4.79 Å². The molecule has 0 aliphatic carbocycles. The molecule has 0 spiro atoms. The van der Waals surface area contributed by atoms with Gasteiger partial charge >= 0.3 is 0 Å². The highest BCUT2D eigenvalue weighted by molar-refractivity contribution is 5.77. The van der Waals surface area contributed by atoms with Gasteiger partial charge in [0.05, 0.1) is 13.1 Å². The highest BCUT2D eigenvalue weighted by Gasteiger charge is 2.09. The van der Waals surface area contributed by atoms with Gasteiger partial charge in [-0.1, -0.05) is 24.0 Å². The van der Waals surface area contributed by atoms with Crippen LogP contribution in [0.1, 0.15) is 11.1 Å². The number of hydrogen-bond donors (Lipinski definition) is 1. The second kappa shape index (κ2) is 7.57. The molecule has 0 fully saturated rings. The summed E-state index contributed by atoms with van der Waals surface area (Å²) in [6, 6.07) is 7.87. The van der Waals surface area contributed by atoms with Gasteiger partial charge in [0, 0.05) is 19.2 Å². The van der Waals surface area contributed by atoms with Crippen LogP contribution in [0.3, 0.4) is 0 Å². The van der Waals surface area contributed by atoms with Gasteiger partial charge in [0.15, 0.2) is 0 Å². The molecular formula is C15H21N3O. The van der Waals surface area contributed by atoms with Gasteiger partial charge in [-0.15, -0.1) is 0 Å². The third-order valence-corrected chi connectivity index (χ3v) is 2.59. The third-order valence-electron chi connectivity index (χ3n) is 2.59. The first-order valence-corrected chi connectivity index (χ1v) is 6.19. The number of nitrogens with zero attached hydrogens (tertiary/aromatic N) is 2. The molecule has 0 atom stereocenters. The average Bonchev–Trinajstić information content (AvgIpc) is 2.37. The lowest BCUT2D eigenvalue weighted by Gasteiger charge is -2.19. The maximum atomic E-state index is 11.8. The molecule has 0 bridgehead atoms. The Morgan fingerprint density at radius 3 is 2.37 bits per heavy atom. The molecule has 0 heterocycles. The molecule has 0 radical (unpaired) electrons. The van der Waals surface area contributed by atoms with Crippen LogP contribution in [0, 0.1) is 11.8 Å². The summed E-state index contributed by atoms with van der Waals surface area (Å²) in [5.74, 6) is 5.89. The second-order valence-electron chi connectivity index (χ2n) is 4.69. The molecule has 4 heteroatoms. The number of rotatable bonds is 4. The summed E-state index contributed by atoms with van der Waals surface area (Å²) in [5.41, 5.74) is 7.36. The zero-order chi connectivity index (χ0) is 14.3. The molecule has 1 aromatic rings. The molecule has 102 valence electrons. The van der Waals surface area contributed by atoms with Crippen molar-refractivity contribution >= 4 is 5.91 Å². The first-order valence-electron chi connectivity index (χ1n) is 6.19. The number of hydrogen-bond acceptors (Lipinski definition) is 3. The number of carbonyl (C=O) groups is 1. The zero-order valence-electron chi connectivity index (χ0n) is 11.8.